The first-order valence-electron chi connectivity index (χ1n) is 3.84. The van der Waals surface area contributed by atoms with E-state index in [0.717, 1.165) is 0 Å². The van der Waals surface area contributed by atoms with Crippen molar-refractivity contribution in [1.82, 2.24) is 0 Å². The van der Waals surface area contributed by atoms with E-state index in [0.29, 0.717) is 0 Å². The highest BCUT2D eigenvalue weighted by atomic mass is 16.7. The molecule has 0 saturated carbocycles. The third-order valence-corrected chi connectivity index (χ3v) is 1.92. The van der Waals surface area contributed by atoms with Crippen molar-refractivity contribution in [2.45, 2.75) is 18.1 Å². The smallest absolute Gasteiger partial charge is 0.147 e. The summed E-state index contributed by atoms with van der Waals surface area (Å²) >= 11 is 0. The van der Waals surface area contributed by atoms with Crippen LogP contribution in [0.1, 0.15) is 6.42 Å². The van der Waals surface area contributed by atoms with Crippen LogP contribution >= 0.6 is 0 Å². The zero-order valence-corrected chi connectivity index (χ0v) is 6.77. The minimum Gasteiger partial charge on any atom is -0.394 e. The predicted molar refractivity (Wildman–Crippen MR) is 39.4 cm³/mol. The van der Waals surface area contributed by atoms with Gasteiger partial charge in [-0.3, -0.25) is 0 Å². The quantitative estimate of drug-likeness (QED) is 0.486. The Labute approximate surface area is 70.5 Å². The van der Waals surface area contributed by atoms with E-state index in [1.54, 1.807) is 0 Å². The first-order valence-corrected chi connectivity index (χ1v) is 3.84. The van der Waals surface area contributed by atoms with Gasteiger partial charge in [0.15, 0.2) is 0 Å². The summed E-state index contributed by atoms with van der Waals surface area (Å²) in [6.45, 7) is -0.131. The molecule has 0 unspecified atom stereocenters. The van der Waals surface area contributed by atoms with Crippen molar-refractivity contribution in [2.24, 2.45) is 0 Å². The van der Waals surface area contributed by atoms with Gasteiger partial charge in [-0.1, -0.05) is 0 Å². The van der Waals surface area contributed by atoms with Gasteiger partial charge in [-0.25, -0.2) is 0 Å². The summed E-state index contributed by atoms with van der Waals surface area (Å²) in [5, 5.41) is 26.7. The van der Waals surface area contributed by atoms with Gasteiger partial charge >= 0.3 is 0 Å². The number of ether oxygens (including phenoxy) is 2. The van der Waals surface area contributed by atoms with Gasteiger partial charge in [0.25, 0.3) is 0 Å². The molecule has 1 aliphatic heterocycles. The molecule has 1 rings (SSSR count). The van der Waals surface area contributed by atoms with E-state index < -0.39 is 11.7 Å². The third-order valence-electron chi connectivity index (χ3n) is 1.92. The second kappa shape index (κ2) is 4.15. The Morgan fingerprint density at radius 1 is 1.42 bits per heavy atom. The number of aliphatic hydroxyl groups is 3. The molecule has 0 bridgehead atoms. The molecule has 1 heterocycles. The van der Waals surface area contributed by atoms with Crippen molar-refractivity contribution in [3.63, 3.8) is 0 Å². The highest BCUT2D eigenvalue weighted by Crippen LogP contribution is 2.23. The summed E-state index contributed by atoms with van der Waals surface area (Å²) in [5.41, 5.74) is -0.817. The average molecular weight is 178 g/mol. The molecular weight excluding hydrogens is 164 g/mol. The molecule has 3 N–H and O–H groups in total. The zero-order valence-electron chi connectivity index (χ0n) is 6.77. The number of rotatable bonds is 4. The van der Waals surface area contributed by atoms with Gasteiger partial charge in [0.05, 0.1) is 25.9 Å². The minimum absolute atomic E-state index is 0.138. The largest absolute Gasteiger partial charge is 0.394 e. The molecule has 72 valence electrons. The topological polar surface area (TPSA) is 79.2 Å². The van der Waals surface area contributed by atoms with Crippen LogP contribution in [0, 0.1) is 0 Å². The molecule has 5 heteroatoms. The molecule has 0 aromatic rings. The van der Waals surface area contributed by atoms with Crippen LogP contribution in [0.15, 0.2) is 0 Å². The standard InChI is InChI=1S/C7H14O5/c8-2-6(10)1-7(3-9)4-11-5-12-7/h6,8-10H,1-5H2/t6-,7+/m0/s1. The zero-order chi connectivity index (χ0) is 9.03. The molecule has 5 nitrogen and oxygen atoms in total. The van der Waals surface area contributed by atoms with Crippen LogP contribution in [0.3, 0.4) is 0 Å². The molecule has 0 aromatic heterocycles. The molecule has 0 spiro atoms. The highest BCUT2D eigenvalue weighted by molar-refractivity contribution is 4.84. The van der Waals surface area contributed by atoms with Gasteiger partial charge in [0.2, 0.25) is 0 Å². The molecule has 12 heavy (non-hydrogen) atoms. The van der Waals surface area contributed by atoms with E-state index in [-0.39, 0.29) is 33.0 Å². The van der Waals surface area contributed by atoms with E-state index in [4.69, 9.17) is 24.8 Å². The maximum atomic E-state index is 9.12. The SMILES string of the molecule is OC[C@@H](O)C[C@@]1(CO)COCO1. The number of hydrogen-bond acceptors (Lipinski definition) is 5. The van der Waals surface area contributed by atoms with Crippen molar-refractivity contribution in [1.29, 1.82) is 0 Å². The Morgan fingerprint density at radius 3 is 2.58 bits per heavy atom. The number of aliphatic hydroxyl groups excluding tert-OH is 3. The summed E-state index contributed by atoms with van der Waals surface area (Å²) in [7, 11) is 0. The van der Waals surface area contributed by atoms with Gasteiger partial charge in [-0.15, -0.1) is 0 Å². The fourth-order valence-corrected chi connectivity index (χ4v) is 1.20. The second-order valence-electron chi connectivity index (χ2n) is 2.99. The van der Waals surface area contributed by atoms with Crippen LogP contribution in [0.4, 0.5) is 0 Å². The van der Waals surface area contributed by atoms with Crippen LogP contribution in [0.25, 0.3) is 0 Å². The van der Waals surface area contributed by atoms with E-state index in [2.05, 4.69) is 0 Å². The molecule has 1 aliphatic rings. The molecule has 0 aromatic carbocycles. The van der Waals surface area contributed by atoms with Gasteiger partial charge in [-0.05, 0) is 0 Å². The van der Waals surface area contributed by atoms with E-state index >= 15 is 0 Å². The van der Waals surface area contributed by atoms with Crippen LogP contribution in [0.5, 0.6) is 0 Å². The Kier molecular flexibility index (Phi) is 3.42. The Bertz CT molecular complexity index is 132. The van der Waals surface area contributed by atoms with Crippen molar-refractivity contribution in [3.05, 3.63) is 0 Å². The molecule has 1 saturated heterocycles. The molecule has 0 radical (unpaired) electrons. The lowest BCUT2D eigenvalue weighted by molar-refractivity contribution is -0.0723. The van der Waals surface area contributed by atoms with Crippen molar-refractivity contribution < 1.29 is 24.8 Å². The minimum atomic E-state index is -0.862. The number of hydrogen-bond donors (Lipinski definition) is 3. The predicted octanol–water partition coefficient (Wildman–Crippen LogP) is -1.53. The Hall–Kier alpha value is -0.200. The summed E-state index contributed by atoms with van der Waals surface area (Å²) in [6.07, 6.45) is -0.668. The normalized spacial score (nSPS) is 32.2. The van der Waals surface area contributed by atoms with Crippen LogP contribution in [-0.4, -0.2) is 53.6 Å². The van der Waals surface area contributed by atoms with Gasteiger partial charge in [-0.2, -0.15) is 0 Å². The third kappa shape index (κ3) is 2.15. The molecule has 1 fully saturated rings. The van der Waals surface area contributed by atoms with Gasteiger partial charge < -0.3 is 24.8 Å². The van der Waals surface area contributed by atoms with E-state index in [1.165, 1.54) is 0 Å². The first-order chi connectivity index (χ1) is 5.72. The lowest BCUT2D eigenvalue weighted by atomic mass is 9.98. The lowest BCUT2D eigenvalue weighted by Gasteiger charge is -2.25. The highest BCUT2D eigenvalue weighted by Gasteiger charge is 2.37. The van der Waals surface area contributed by atoms with Gasteiger partial charge in [0.1, 0.15) is 12.4 Å². The monoisotopic (exact) mass is 178 g/mol. The van der Waals surface area contributed by atoms with Crippen LogP contribution < -0.4 is 0 Å². The van der Waals surface area contributed by atoms with Gasteiger partial charge in [0, 0.05) is 6.42 Å². The fraction of sp³-hybridized carbons (Fsp3) is 1.00. The Balaban J connectivity index is 2.43. The molecular formula is C7H14O5. The van der Waals surface area contributed by atoms with E-state index in [1.807, 2.05) is 0 Å². The fourth-order valence-electron chi connectivity index (χ4n) is 1.20. The summed E-state index contributed by atoms with van der Waals surface area (Å²) in [4.78, 5) is 0. The molecule has 0 aliphatic carbocycles. The van der Waals surface area contributed by atoms with E-state index in [9.17, 15) is 0 Å². The summed E-state index contributed by atoms with van der Waals surface area (Å²) in [6, 6.07) is 0. The van der Waals surface area contributed by atoms with Crippen LogP contribution in [-0.2, 0) is 9.47 Å². The Morgan fingerprint density at radius 2 is 2.17 bits per heavy atom. The maximum absolute atomic E-state index is 9.12. The first kappa shape index (κ1) is 9.88. The lowest BCUT2D eigenvalue weighted by Crippen LogP contribution is -2.40. The average Bonchev–Trinajstić information content (AvgIpc) is 2.54. The summed E-state index contributed by atoms with van der Waals surface area (Å²) in [5.74, 6) is 0. The maximum Gasteiger partial charge on any atom is 0.147 e. The van der Waals surface area contributed by atoms with Crippen molar-refractivity contribution in [2.75, 3.05) is 26.6 Å². The molecule has 2 atom stereocenters. The molecule has 0 amide bonds. The van der Waals surface area contributed by atoms with Crippen molar-refractivity contribution in [3.8, 4) is 0 Å². The van der Waals surface area contributed by atoms with Crippen molar-refractivity contribution >= 4 is 0 Å². The van der Waals surface area contributed by atoms with Crippen LogP contribution in [0.2, 0.25) is 0 Å². The second-order valence-corrected chi connectivity index (χ2v) is 2.99. The summed E-state index contributed by atoms with van der Waals surface area (Å²) < 4.78 is 10.0.